The van der Waals surface area contributed by atoms with Crippen molar-refractivity contribution in [2.45, 2.75) is 19.9 Å². The lowest BCUT2D eigenvalue weighted by Gasteiger charge is -2.17. The molecule has 31 heavy (non-hydrogen) atoms. The summed E-state index contributed by atoms with van der Waals surface area (Å²) in [7, 11) is 1.61. The zero-order valence-electron chi connectivity index (χ0n) is 17.2. The lowest BCUT2D eigenvalue weighted by Crippen LogP contribution is -2.33. The van der Waals surface area contributed by atoms with Crippen LogP contribution in [0.25, 0.3) is 21.3 Å². The van der Waals surface area contributed by atoms with Gasteiger partial charge in [-0.15, -0.1) is 11.3 Å². The number of rotatable bonds is 5. The zero-order chi connectivity index (χ0) is 22.1. The third kappa shape index (κ3) is 4.06. The summed E-state index contributed by atoms with van der Waals surface area (Å²) in [5.74, 6) is 0.913. The van der Waals surface area contributed by atoms with Gasteiger partial charge in [0.05, 0.1) is 12.5 Å². The van der Waals surface area contributed by atoms with Gasteiger partial charge in [0.25, 0.3) is 5.56 Å². The molecule has 1 N–H and O–H groups in total. The molecule has 0 saturated heterocycles. The molecule has 0 fully saturated rings. The standard InChI is InChI=1S/C23H20ClN3O3S/c1-13(21(28)26-17-8-6-16(24)7-9-17)27-14(2)25-22-20(23(27)29)19(12-31-22)15-4-10-18(30-3)11-5-15/h4-13H,1-3H3,(H,26,28). The van der Waals surface area contributed by atoms with Crippen LogP contribution in [0.2, 0.25) is 5.02 Å². The second kappa shape index (κ2) is 8.53. The van der Waals surface area contributed by atoms with E-state index in [9.17, 15) is 9.59 Å². The molecule has 8 heteroatoms. The molecule has 0 bridgehead atoms. The van der Waals surface area contributed by atoms with Crippen molar-refractivity contribution >= 4 is 44.7 Å². The molecule has 2 heterocycles. The molecule has 6 nitrogen and oxygen atoms in total. The van der Waals surface area contributed by atoms with Crippen LogP contribution in [-0.4, -0.2) is 22.6 Å². The molecule has 1 atom stereocenters. The van der Waals surface area contributed by atoms with Gasteiger partial charge in [0.2, 0.25) is 5.91 Å². The number of hydrogen-bond acceptors (Lipinski definition) is 5. The maximum Gasteiger partial charge on any atom is 0.263 e. The maximum absolute atomic E-state index is 13.5. The first-order valence-corrected chi connectivity index (χ1v) is 10.9. The van der Waals surface area contributed by atoms with Crippen molar-refractivity contribution < 1.29 is 9.53 Å². The predicted molar refractivity (Wildman–Crippen MR) is 125 cm³/mol. The monoisotopic (exact) mass is 453 g/mol. The average molecular weight is 454 g/mol. The van der Waals surface area contributed by atoms with Gasteiger partial charge in [-0.25, -0.2) is 4.98 Å². The van der Waals surface area contributed by atoms with E-state index in [1.54, 1.807) is 45.2 Å². The number of thiophene rings is 1. The molecule has 4 rings (SSSR count). The Hall–Kier alpha value is -3.16. The summed E-state index contributed by atoms with van der Waals surface area (Å²) in [4.78, 5) is 31.6. The highest BCUT2D eigenvalue weighted by molar-refractivity contribution is 7.17. The minimum atomic E-state index is -0.747. The van der Waals surface area contributed by atoms with Gasteiger partial charge >= 0.3 is 0 Å². The molecule has 2 aromatic carbocycles. The number of benzene rings is 2. The minimum Gasteiger partial charge on any atom is -0.497 e. The number of fused-ring (bicyclic) bond motifs is 1. The molecule has 0 spiro atoms. The number of anilines is 1. The Balaban J connectivity index is 1.74. The van der Waals surface area contributed by atoms with E-state index in [0.29, 0.717) is 26.8 Å². The van der Waals surface area contributed by atoms with Gasteiger partial charge in [-0.1, -0.05) is 23.7 Å². The van der Waals surface area contributed by atoms with E-state index in [-0.39, 0.29) is 11.5 Å². The van der Waals surface area contributed by atoms with Gasteiger partial charge in [-0.05, 0) is 55.8 Å². The molecule has 1 unspecified atom stereocenters. The second-order valence-corrected chi connectivity index (χ2v) is 8.36. The van der Waals surface area contributed by atoms with Crippen LogP contribution in [0.5, 0.6) is 5.75 Å². The molecule has 2 aromatic heterocycles. The van der Waals surface area contributed by atoms with Crippen LogP contribution in [0.1, 0.15) is 18.8 Å². The molecule has 0 aliphatic heterocycles. The summed E-state index contributed by atoms with van der Waals surface area (Å²) < 4.78 is 6.66. The van der Waals surface area contributed by atoms with Crippen molar-refractivity contribution in [3.05, 3.63) is 75.1 Å². The zero-order valence-corrected chi connectivity index (χ0v) is 18.8. The van der Waals surface area contributed by atoms with Crippen molar-refractivity contribution in [2.24, 2.45) is 0 Å². The van der Waals surface area contributed by atoms with E-state index in [1.165, 1.54) is 15.9 Å². The number of ether oxygens (including phenoxy) is 1. The molecule has 4 aromatic rings. The molecule has 158 valence electrons. The topological polar surface area (TPSA) is 73.2 Å². The first-order chi connectivity index (χ1) is 14.9. The van der Waals surface area contributed by atoms with E-state index in [2.05, 4.69) is 10.3 Å². The number of carbonyl (C=O) groups is 1. The lowest BCUT2D eigenvalue weighted by molar-refractivity contribution is -0.118. The Labute approximate surface area is 188 Å². The highest BCUT2D eigenvalue weighted by atomic mass is 35.5. The third-order valence-electron chi connectivity index (χ3n) is 5.10. The Morgan fingerprint density at radius 2 is 1.84 bits per heavy atom. The van der Waals surface area contributed by atoms with E-state index >= 15 is 0 Å². The van der Waals surface area contributed by atoms with E-state index in [0.717, 1.165) is 16.9 Å². The van der Waals surface area contributed by atoms with Crippen LogP contribution in [0.15, 0.2) is 58.7 Å². The number of carbonyl (C=O) groups excluding carboxylic acids is 1. The van der Waals surface area contributed by atoms with Crippen molar-refractivity contribution in [1.82, 2.24) is 9.55 Å². The Morgan fingerprint density at radius 3 is 2.48 bits per heavy atom. The predicted octanol–water partition coefficient (Wildman–Crippen LogP) is 5.30. The molecule has 0 radical (unpaired) electrons. The maximum atomic E-state index is 13.5. The van der Waals surface area contributed by atoms with Gasteiger partial charge in [0.15, 0.2) is 0 Å². The van der Waals surface area contributed by atoms with Gasteiger partial charge < -0.3 is 10.1 Å². The normalized spacial score (nSPS) is 12.0. The molecular weight excluding hydrogens is 434 g/mol. The number of aryl methyl sites for hydroxylation is 1. The summed E-state index contributed by atoms with van der Waals surface area (Å²) >= 11 is 7.31. The molecular formula is C23H20ClN3O3S. The summed E-state index contributed by atoms with van der Waals surface area (Å²) in [6.07, 6.45) is 0. The number of halogens is 1. The number of nitrogens with zero attached hydrogens (tertiary/aromatic N) is 2. The van der Waals surface area contributed by atoms with Gasteiger partial charge in [-0.2, -0.15) is 0 Å². The van der Waals surface area contributed by atoms with Crippen molar-refractivity contribution in [3.8, 4) is 16.9 Å². The number of hydrogen-bond donors (Lipinski definition) is 1. The smallest absolute Gasteiger partial charge is 0.263 e. The van der Waals surface area contributed by atoms with Crippen LogP contribution < -0.4 is 15.6 Å². The Kier molecular flexibility index (Phi) is 5.80. The van der Waals surface area contributed by atoms with Crippen LogP contribution >= 0.6 is 22.9 Å². The van der Waals surface area contributed by atoms with Gasteiger partial charge in [-0.3, -0.25) is 14.2 Å². The summed E-state index contributed by atoms with van der Waals surface area (Å²) in [6, 6.07) is 13.6. The number of aromatic nitrogens is 2. The van der Waals surface area contributed by atoms with Crippen molar-refractivity contribution in [3.63, 3.8) is 0 Å². The van der Waals surface area contributed by atoms with Gasteiger partial charge in [0.1, 0.15) is 22.4 Å². The van der Waals surface area contributed by atoms with E-state index in [1.807, 2.05) is 29.6 Å². The average Bonchev–Trinajstić information content (AvgIpc) is 3.19. The number of amides is 1. The molecule has 0 aliphatic carbocycles. The summed E-state index contributed by atoms with van der Waals surface area (Å²) in [5.41, 5.74) is 2.04. The SMILES string of the molecule is COc1ccc(-c2csc3nc(C)n(C(C)C(=O)Nc4ccc(Cl)cc4)c(=O)c23)cc1. The fourth-order valence-electron chi connectivity index (χ4n) is 3.44. The highest BCUT2D eigenvalue weighted by Gasteiger charge is 2.22. The first-order valence-electron chi connectivity index (χ1n) is 9.60. The lowest BCUT2D eigenvalue weighted by atomic mass is 10.1. The van der Waals surface area contributed by atoms with E-state index < -0.39 is 6.04 Å². The Bertz CT molecular complexity index is 1310. The van der Waals surface area contributed by atoms with Crippen LogP contribution in [0.3, 0.4) is 0 Å². The fraction of sp³-hybridized carbons (Fsp3) is 0.174. The Morgan fingerprint density at radius 1 is 1.16 bits per heavy atom. The number of methoxy groups -OCH3 is 1. The van der Waals surface area contributed by atoms with Crippen LogP contribution in [-0.2, 0) is 4.79 Å². The molecule has 1 amide bonds. The fourth-order valence-corrected chi connectivity index (χ4v) is 4.55. The van der Waals surface area contributed by atoms with Crippen molar-refractivity contribution in [2.75, 3.05) is 12.4 Å². The van der Waals surface area contributed by atoms with E-state index in [4.69, 9.17) is 16.3 Å². The molecule has 0 saturated carbocycles. The van der Waals surface area contributed by atoms with Crippen molar-refractivity contribution in [1.29, 1.82) is 0 Å². The van der Waals surface area contributed by atoms with Crippen LogP contribution in [0, 0.1) is 6.92 Å². The first kappa shape index (κ1) is 21.1. The number of nitrogens with one attached hydrogen (secondary N) is 1. The van der Waals surface area contributed by atoms with Gasteiger partial charge in [0, 0.05) is 21.7 Å². The summed E-state index contributed by atoms with van der Waals surface area (Å²) in [5, 5.41) is 5.83. The van der Waals surface area contributed by atoms with Crippen LogP contribution in [0.4, 0.5) is 5.69 Å². The molecule has 0 aliphatic rings. The largest absolute Gasteiger partial charge is 0.497 e. The second-order valence-electron chi connectivity index (χ2n) is 7.06. The minimum absolute atomic E-state index is 0.242. The third-order valence-corrected chi connectivity index (χ3v) is 6.22. The quantitative estimate of drug-likeness (QED) is 0.445. The highest BCUT2D eigenvalue weighted by Crippen LogP contribution is 2.32. The summed E-state index contributed by atoms with van der Waals surface area (Å²) in [6.45, 7) is 3.42.